The van der Waals surface area contributed by atoms with Crippen LogP contribution in [0, 0.1) is 5.92 Å². The molecule has 0 aromatic rings. The molecule has 0 bridgehead atoms. The van der Waals surface area contributed by atoms with Crippen molar-refractivity contribution in [3.63, 3.8) is 0 Å². The van der Waals surface area contributed by atoms with Crippen molar-refractivity contribution in [1.29, 1.82) is 0 Å². The Kier molecular flexibility index (Phi) is 5.58. The summed E-state index contributed by atoms with van der Waals surface area (Å²) in [4.78, 5) is 0. The van der Waals surface area contributed by atoms with Crippen molar-refractivity contribution in [2.75, 3.05) is 26.9 Å². The highest BCUT2D eigenvalue weighted by Crippen LogP contribution is 2.32. The molecule has 0 aromatic carbocycles. The first-order valence-corrected chi connectivity index (χ1v) is 6.08. The highest BCUT2D eigenvalue weighted by atomic mass is 16.5. The Morgan fingerprint density at radius 3 is 2.67 bits per heavy atom. The van der Waals surface area contributed by atoms with Gasteiger partial charge in [-0.2, -0.15) is 0 Å². The van der Waals surface area contributed by atoms with Gasteiger partial charge in [-0.1, -0.05) is 12.8 Å². The van der Waals surface area contributed by atoms with E-state index in [2.05, 4.69) is 5.32 Å². The van der Waals surface area contributed by atoms with Crippen molar-refractivity contribution < 1.29 is 9.84 Å². The van der Waals surface area contributed by atoms with Gasteiger partial charge in [0.15, 0.2) is 0 Å². The zero-order valence-corrected chi connectivity index (χ0v) is 10.1. The predicted molar refractivity (Wildman–Crippen MR) is 61.9 cm³/mol. The van der Waals surface area contributed by atoms with Crippen molar-refractivity contribution in [2.45, 2.75) is 44.6 Å². The Labute approximate surface area is 93.2 Å². The van der Waals surface area contributed by atoms with Crippen molar-refractivity contribution >= 4 is 0 Å². The van der Waals surface area contributed by atoms with Crippen LogP contribution in [0.1, 0.15) is 39.0 Å². The molecule has 1 atom stereocenters. The van der Waals surface area contributed by atoms with Gasteiger partial charge < -0.3 is 15.2 Å². The van der Waals surface area contributed by atoms with E-state index in [1.807, 2.05) is 14.0 Å². The fourth-order valence-electron chi connectivity index (χ4n) is 1.61. The summed E-state index contributed by atoms with van der Waals surface area (Å²) >= 11 is 0. The average molecular weight is 215 g/mol. The summed E-state index contributed by atoms with van der Waals surface area (Å²) in [5.74, 6) is 0.963. The van der Waals surface area contributed by atoms with Gasteiger partial charge in [0.25, 0.3) is 0 Å². The van der Waals surface area contributed by atoms with Gasteiger partial charge in [-0.05, 0) is 39.2 Å². The molecule has 1 unspecified atom stereocenters. The van der Waals surface area contributed by atoms with Gasteiger partial charge in [0.2, 0.25) is 0 Å². The van der Waals surface area contributed by atoms with Crippen LogP contribution in [0.5, 0.6) is 0 Å². The van der Waals surface area contributed by atoms with Crippen molar-refractivity contribution in [2.24, 2.45) is 5.92 Å². The summed E-state index contributed by atoms with van der Waals surface area (Å²) in [6, 6.07) is 0. The summed E-state index contributed by atoms with van der Waals surface area (Å²) in [6.07, 6.45) is 6.03. The Morgan fingerprint density at radius 1 is 1.40 bits per heavy atom. The van der Waals surface area contributed by atoms with E-state index in [1.165, 1.54) is 19.3 Å². The van der Waals surface area contributed by atoms with Crippen LogP contribution in [0.15, 0.2) is 0 Å². The topological polar surface area (TPSA) is 41.5 Å². The molecule has 0 radical (unpaired) electrons. The van der Waals surface area contributed by atoms with Crippen LogP contribution in [0.25, 0.3) is 0 Å². The van der Waals surface area contributed by atoms with Crippen LogP contribution in [0.3, 0.4) is 0 Å². The number of hydrogen-bond acceptors (Lipinski definition) is 3. The molecule has 0 aromatic heterocycles. The molecule has 1 fully saturated rings. The lowest BCUT2D eigenvalue weighted by Crippen LogP contribution is -2.43. The van der Waals surface area contributed by atoms with E-state index in [0.717, 1.165) is 32.0 Å². The fraction of sp³-hybridized carbons (Fsp3) is 1.00. The van der Waals surface area contributed by atoms with E-state index in [0.29, 0.717) is 0 Å². The molecule has 0 saturated heterocycles. The SMILES string of the molecule is CNC(C)(CO)CCCOCCC1CC1. The molecular formula is C12H25NO2. The lowest BCUT2D eigenvalue weighted by Gasteiger charge is -2.26. The smallest absolute Gasteiger partial charge is 0.0610 e. The molecule has 1 rings (SSSR count). The monoisotopic (exact) mass is 215 g/mol. The van der Waals surface area contributed by atoms with E-state index in [9.17, 15) is 0 Å². The highest BCUT2D eigenvalue weighted by Gasteiger charge is 2.21. The van der Waals surface area contributed by atoms with Gasteiger partial charge in [0.05, 0.1) is 6.61 Å². The van der Waals surface area contributed by atoms with E-state index in [1.54, 1.807) is 0 Å². The highest BCUT2D eigenvalue weighted by molar-refractivity contribution is 4.79. The molecule has 1 saturated carbocycles. The molecular weight excluding hydrogens is 190 g/mol. The molecule has 1 aliphatic rings. The van der Waals surface area contributed by atoms with Gasteiger partial charge in [0.1, 0.15) is 0 Å². The largest absolute Gasteiger partial charge is 0.394 e. The average Bonchev–Trinajstić information content (AvgIpc) is 3.06. The van der Waals surface area contributed by atoms with E-state index in [-0.39, 0.29) is 12.1 Å². The first-order valence-electron chi connectivity index (χ1n) is 6.08. The van der Waals surface area contributed by atoms with Crippen molar-refractivity contribution in [1.82, 2.24) is 5.32 Å². The molecule has 0 spiro atoms. The molecule has 15 heavy (non-hydrogen) atoms. The van der Waals surface area contributed by atoms with Crippen molar-refractivity contribution in [3.05, 3.63) is 0 Å². The van der Waals surface area contributed by atoms with E-state index in [4.69, 9.17) is 9.84 Å². The zero-order chi connectivity index (χ0) is 11.1. The third kappa shape index (κ3) is 5.50. The number of likely N-dealkylation sites (N-methyl/N-ethyl adjacent to an activating group) is 1. The van der Waals surface area contributed by atoms with Crippen LogP contribution in [0.4, 0.5) is 0 Å². The van der Waals surface area contributed by atoms with Crippen LogP contribution < -0.4 is 5.32 Å². The third-order valence-electron chi connectivity index (χ3n) is 3.34. The van der Waals surface area contributed by atoms with Crippen LogP contribution in [-0.4, -0.2) is 37.5 Å². The minimum Gasteiger partial charge on any atom is -0.394 e. The third-order valence-corrected chi connectivity index (χ3v) is 3.34. The molecule has 3 nitrogen and oxygen atoms in total. The summed E-state index contributed by atoms with van der Waals surface area (Å²) in [7, 11) is 1.89. The lowest BCUT2D eigenvalue weighted by atomic mass is 9.97. The number of aliphatic hydroxyl groups excluding tert-OH is 1. The van der Waals surface area contributed by atoms with Gasteiger partial charge in [-0.3, -0.25) is 0 Å². The molecule has 0 aliphatic heterocycles. The van der Waals surface area contributed by atoms with Gasteiger partial charge in [-0.15, -0.1) is 0 Å². The normalized spacial score (nSPS) is 20.2. The van der Waals surface area contributed by atoms with Gasteiger partial charge >= 0.3 is 0 Å². The minimum absolute atomic E-state index is 0.139. The van der Waals surface area contributed by atoms with Gasteiger partial charge in [0, 0.05) is 18.8 Å². The maximum absolute atomic E-state index is 9.17. The maximum Gasteiger partial charge on any atom is 0.0610 e. The Morgan fingerprint density at radius 2 is 2.13 bits per heavy atom. The molecule has 0 heterocycles. The summed E-state index contributed by atoms with van der Waals surface area (Å²) in [6.45, 7) is 3.97. The van der Waals surface area contributed by atoms with Crippen molar-refractivity contribution in [3.8, 4) is 0 Å². The number of aliphatic hydroxyl groups is 1. The Balaban J connectivity index is 1.90. The summed E-state index contributed by atoms with van der Waals surface area (Å²) in [5, 5.41) is 12.3. The second-order valence-electron chi connectivity index (χ2n) is 4.92. The fourth-order valence-corrected chi connectivity index (χ4v) is 1.61. The molecule has 0 amide bonds. The predicted octanol–water partition coefficient (Wildman–Crippen LogP) is 1.55. The van der Waals surface area contributed by atoms with E-state index < -0.39 is 0 Å². The lowest BCUT2D eigenvalue weighted by molar-refractivity contribution is 0.108. The first kappa shape index (κ1) is 12.9. The second-order valence-corrected chi connectivity index (χ2v) is 4.92. The molecule has 3 heteroatoms. The Bertz CT molecular complexity index is 165. The van der Waals surface area contributed by atoms with Gasteiger partial charge in [-0.25, -0.2) is 0 Å². The number of nitrogens with one attached hydrogen (secondary N) is 1. The first-order chi connectivity index (χ1) is 7.20. The minimum atomic E-state index is -0.139. The number of rotatable bonds is 9. The van der Waals surface area contributed by atoms with E-state index >= 15 is 0 Å². The molecule has 1 aliphatic carbocycles. The molecule has 90 valence electrons. The Hall–Kier alpha value is -0.120. The van der Waals surface area contributed by atoms with Crippen LogP contribution >= 0.6 is 0 Å². The quantitative estimate of drug-likeness (QED) is 0.573. The molecule has 2 N–H and O–H groups in total. The number of ether oxygens (including phenoxy) is 1. The van der Waals surface area contributed by atoms with Crippen LogP contribution in [-0.2, 0) is 4.74 Å². The summed E-state index contributed by atoms with van der Waals surface area (Å²) < 4.78 is 5.56. The number of hydrogen-bond donors (Lipinski definition) is 2. The standard InChI is InChI=1S/C12H25NO2/c1-12(10-14,13-2)7-3-8-15-9-6-11-4-5-11/h11,13-14H,3-10H2,1-2H3. The zero-order valence-electron chi connectivity index (χ0n) is 10.1. The second kappa shape index (κ2) is 6.46. The maximum atomic E-state index is 9.17. The van der Waals surface area contributed by atoms with Crippen LogP contribution in [0.2, 0.25) is 0 Å². The summed E-state index contributed by atoms with van der Waals surface area (Å²) in [5.41, 5.74) is -0.139.